The van der Waals surface area contributed by atoms with Gasteiger partial charge in [0.1, 0.15) is 11.4 Å². The number of amides is 1. The van der Waals surface area contributed by atoms with E-state index < -0.39 is 4.92 Å². The summed E-state index contributed by atoms with van der Waals surface area (Å²) in [4.78, 5) is 26.6. The molecule has 2 aromatic carbocycles. The van der Waals surface area contributed by atoms with Gasteiger partial charge in [-0.2, -0.15) is 0 Å². The third kappa shape index (κ3) is 5.33. The molecule has 0 atom stereocenters. The molecule has 1 aliphatic heterocycles. The van der Waals surface area contributed by atoms with E-state index in [1.807, 2.05) is 28.0 Å². The minimum Gasteiger partial charge on any atom is -0.484 e. The number of halogens is 1. The Labute approximate surface area is 178 Å². The van der Waals surface area contributed by atoms with Crippen molar-refractivity contribution in [2.75, 3.05) is 37.7 Å². The van der Waals surface area contributed by atoms with Crippen molar-refractivity contribution in [3.05, 3.63) is 63.7 Å². The van der Waals surface area contributed by atoms with E-state index in [0.717, 1.165) is 0 Å². The molecule has 0 bridgehead atoms. The lowest BCUT2D eigenvalue weighted by Gasteiger charge is -2.37. The summed E-state index contributed by atoms with van der Waals surface area (Å²) in [6.45, 7) is 1.83. The number of hydrogen-bond donors (Lipinski definition) is 1. The fraction of sp³-hybridized carbons (Fsp3) is 0.263. The fourth-order valence-electron chi connectivity index (χ4n) is 3.00. The van der Waals surface area contributed by atoms with E-state index in [1.54, 1.807) is 24.3 Å². The van der Waals surface area contributed by atoms with Crippen molar-refractivity contribution in [1.82, 2.24) is 10.2 Å². The number of anilines is 1. The molecule has 3 rings (SSSR count). The molecule has 0 radical (unpaired) electrons. The summed E-state index contributed by atoms with van der Waals surface area (Å²) < 4.78 is 5.40. The Bertz CT molecular complexity index is 904. The van der Waals surface area contributed by atoms with Crippen LogP contribution >= 0.6 is 23.8 Å². The Morgan fingerprint density at radius 2 is 1.83 bits per heavy atom. The zero-order valence-corrected chi connectivity index (χ0v) is 17.0. The van der Waals surface area contributed by atoms with Crippen molar-refractivity contribution in [1.29, 1.82) is 0 Å². The summed E-state index contributed by atoms with van der Waals surface area (Å²) in [6, 6.07) is 13.7. The number of nitro benzene ring substituents is 1. The van der Waals surface area contributed by atoms with Crippen molar-refractivity contribution in [2.24, 2.45) is 0 Å². The van der Waals surface area contributed by atoms with Crippen molar-refractivity contribution in [2.45, 2.75) is 0 Å². The Balaban J connectivity index is 1.52. The highest BCUT2D eigenvalue weighted by Crippen LogP contribution is 2.35. The maximum atomic E-state index is 12.1. The number of nitrogens with one attached hydrogen (secondary N) is 1. The van der Waals surface area contributed by atoms with Gasteiger partial charge in [-0.25, -0.2) is 0 Å². The summed E-state index contributed by atoms with van der Waals surface area (Å²) in [6.07, 6.45) is 0. The monoisotopic (exact) mass is 434 g/mol. The van der Waals surface area contributed by atoms with Gasteiger partial charge in [-0.3, -0.25) is 14.9 Å². The number of hydrogen-bond acceptors (Lipinski definition) is 6. The van der Waals surface area contributed by atoms with Gasteiger partial charge in [0.2, 0.25) is 0 Å². The third-order valence-electron chi connectivity index (χ3n) is 4.40. The summed E-state index contributed by atoms with van der Waals surface area (Å²) >= 11 is 11.5. The molecule has 1 aliphatic rings. The molecule has 1 heterocycles. The van der Waals surface area contributed by atoms with Crippen LogP contribution < -0.4 is 15.0 Å². The van der Waals surface area contributed by atoms with Crippen LogP contribution in [0.25, 0.3) is 0 Å². The maximum absolute atomic E-state index is 12.1. The summed E-state index contributed by atoms with van der Waals surface area (Å²) in [5.74, 6) is 0.256. The highest BCUT2D eigenvalue weighted by molar-refractivity contribution is 7.80. The van der Waals surface area contributed by atoms with E-state index in [-0.39, 0.29) is 18.2 Å². The van der Waals surface area contributed by atoms with Crippen molar-refractivity contribution >= 4 is 46.2 Å². The molecule has 2 aromatic rings. The largest absolute Gasteiger partial charge is 0.484 e. The van der Waals surface area contributed by atoms with E-state index in [2.05, 4.69) is 5.32 Å². The molecular weight excluding hydrogens is 416 g/mol. The van der Waals surface area contributed by atoms with Crippen molar-refractivity contribution in [3.63, 3.8) is 0 Å². The van der Waals surface area contributed by atoms with Gasteiger partial charge in [-0.1, -0.05) is 35.9 Å². The highest BCUT2D eigenvalue weighted by Gasteiger charge is 2.27. The zero-order valence-electron chi connectivity index (χ0n) is 15.4. The van der Waals surface area contributed by atoms with Gasteiger partial charge < -0.3 is 19.9 Å². The Morgan fingerprint density at radius 1 is 1.14 bits per heavy atom. The van der Waals surface area contributed by atoms with Crippen LogP contribution in [-0.4, -0.2) is 53.6 Å². The smallest absolute Gasteiger partial charge is 0.294 e. The number of rotatable bonds is 5. The molecule has 0 aromatic heterocycles. The van der Waals surface area contributed by atoms with Crippen LogP contribution in [0.2, 0.25) is 5.02 Å². The molecule has 1 fully saturated rings. The first kappa shape index (κ1) is 20.8. The minimum atomic E-state index is -0.439. The number of benzene rings is 2. The quantitative estimate of drug-likeness (QED) is 0.439. The highest BCUT2D eigenvalue weighted by atomic mass is 35.5. The SMILES string of the molecule is O=C(COc1ccccc1)NC(=S)N1CCN(c2c(Cl)cccc2[N+](=O)[O-])CC1. The number of carbonyl (C=O) groups excluding carboxylic acids is 1. The van der Waals surface area contributed by atoms with Crippen LogP contribution in [0.15, 0.2) is 48.5 Å². The molecule has 1 amide bonds. The molecule has 0 saturated carbocycles. The first-order chi connectivity index (χ1) is 14.0. The van der Waals surface area contributed by atoms with Gasteiger partial charge in [-0.05, 0) is 30.4 Å². The average molecular weight is 435 g/mol. The Hall–Kier alpha value is -2.91. The first-order valence-electron chi connectivity index (χ1n) is 8.90. The topological polar surface area (TPSA) is 88.0 Å². The van der Waals surface area contributed by atoms with Crippen molar-refractivity contribution < 1.29 is 14.5 Å². The second kappa shape index (κ2) is 9.53. The lowest BCUT2D eigenvalue weighted by atomic mass is 10.2. The molecule has 0 aliphatic carbocycles. The lowest BCUT2D eigenvalue weighted by Crippen LogP contribution is -2.53. The lowest BCUT2D eigenvalue weighted by molar-refractivity contribution is -0.384. The fourth-order valence-corrected chi connectivity index (χ4v) is 3.58. The van der Waals surface area contributed by atoms with Gasteiger partial charge in [0, 0.05) is 32.2 Å². The predicted octanol–water partition coefficient (Wildman–Crippen LogP) is 2.85. The van der Waals surface area contributed by atoms with Gasteiger partial charge in [0.15, 0.2) is 11.7 Å². The second-order valence-corrected chi connectivity index (χ2v) is 7.09. The molecule has 0 unspecified atom stereocenters. The van der Waals surface area contributed by atoms with Crippen molar-refractivity contribution in [3.8, 4) is 5.75 Å². The number of nitrogens with zero attached hydrogens (tertiary/aromatic N) is 3. The zero-order chi connectivity index (χ0) is 20.8. The number of ether oxygens (including phenoxy) is 1. The minimum absolute atomic E-state index is 0.0279. The van der Waals surface area contributed by atoms with E-state index >= 15 is 0 Å². The van der Waals surface area contributed by atoms with E-state index in [1.165, 1.54) is 6.07 Å². The normalized spacial score (nSPS) is 13.7. The van der Waals surface area contributed by atoms with Crippen LogP contribution in [0.1, 0.15) is 0 Å². The molecule has 1 N–H and O–H groups in total. The Kier molecular flexibility index (Phi) is 6.84. The summed E-state index contributed by atoms with van der Waals surface area (Å²) in [5, 5.41) is 14.6. The Morgan fingerprint density at radius 3 is 2.48 bits per heavy atom. The molecule has 152 valence electrons. The van der Waals surface area contributed by atoms with E-state index in [9.17, 15) is 14.9 Å². The van der Waals surface area contributed by atoms with Crippen LogP contribution in [0.5, 0.6) is 5.75 Å². The molecule has 0 spiro atoms. The molecule has 29 heavy (non-hydrogen) atoms. The van der Waals surface area contributed by atoms with Crippen LogP contribution in [0.3, 0.4) is 0 Å². The van der Waals surface area contributed by atoms with Gasteiger partial charge in [0.25, 0.3) is 11.6 Å². The molecule has 8 nitrogen and oxygen atoms in total. The summed E-state index contributed by atoms with van der Waals surface area (Å²) in [5.41, 5.74) is 0.380. The van der Waals surface area contributed by atoms with Gasteiger partial charge >= 0.3 is 0 Å². The average Bonchev–Trinajstić information content (AvgIpc) is 2.73. The van der Waals surface area contributed by atoms with Crippen LogP contribution in [0.4, 0.5) is 11.4 Å². The number of nitro groups is 1. The molecular formula is C19H19ClN4O4S. The number of thiocarbonyl (C=S) groups is 1. The predicted molar refractivity (Wildman–Crippen MR) is 115 cm³/mol. The number of piperazine rings is 1. The summed E-state index contributed by atoms with van der Waals surface area (Å²) in [7, 11) is 0. The number of para-hydroxylation sites is 2. The molecule has 10 heteroatoms. The third-order valence-corrected chi connectivity index (χ3v) is 5.07. The van der Waals surface area contributed by atoms with E-state index in [4.69, 9.17) is 28.6 Å². The van der Waals surface area contributed by atoms with Gasteiger partial charge in [0.05, 0.1) is 9.95 Å². The number of carbonyl (C=O) groups is 1. The molecule has 1 saturated heterocycles. The first-order valence-corrected chi connectivity index (χ1v) is 9.69. The van der Waals surface area contributed by atoms with E-state index in [0.29, 0.717) is 47.8 Å². The van der Waals surface area contributed by atoms with Gasteiger partial charge in [-0.15, -0.1) is 0 Å². The second-order valence-electron chi connectivity index (χ2n) is 6.29. The van der Waals surface area contributed by atoms with Crippen LogP contribution in [0, 0.1) is 10.1 Å². The van der Waals surface area contributed by atoms with Crippen LogP contribution in [-0.2, 0) is 4.79 Å². The standard InChI is InChI=1S/C19H19ClN4O4S/c20-15-7-4-8-16(24(26)27)18(15)22-9-11-23(12-10-22)19(29)21-17(25)13-28-14-5-2-1-3-6-14/h1-8H,9-13H2,(H,21,25,29). The maximum Gasteiger partial charge on any atom is 0.294 e.